The molecule has 1 heterocycles. The van der Waals surface area contributed by atoms with Gasteiger partial charge in [-0.3, -0.25) is 4.98 Å². The maximum Gasteiger partial charge on any atom is 0.242 e. The van der Waals surface area contributed by atoms with Gasteiger partial charge in [-0.25, -0.2) is 13.1 Å². The summed E-state index contributed by atoms with van der Waals surface area (Å²) in [5.74, 6) is 0. The Morgan fingerprint density at radius 2 is 2.19 bits per heavy atom. The van der Waals surface area contributed by atoms with Crippen LogP contribution in [0.15, 0.2) is 23.2 Å². The first-order valence-electron chi connectivity index (χ1n) is 7.10. The minimum atomic E-state index is -3.56. The third-order valence-electron chi connectivity index (χ3n) is 4.16. The fourth-order valence-electron chi connectivity index (χ4n) is 2.52. The quantitative estimate of drug-likeness (QED) is 0.818. The Labute approximate surface area is 126 Å². The van der Waals surface area contributed by atoms with Crippen LogP contribution in [0.2, 0.25) is 0 Å². The van der Waals surface area contributed by atoms with Crippen molar-refractivity contribution in [1.29, 1.82) is 0 Å². The van der Waals surface area contributed by atoms with Crippen LogP contribution in [0.25, 0.3) is 0 Å². The second kappa shape index (κ2) is 6.00. The number of rotatable bonds is 6. The summed E-state index contributed by atoms with van der Waals surface area (Å²) in [6, 6.07) is 3.03. The topological polar surface area (TPSA) is 94.3 Å². The molecule has 21 heavy (non-hydrogen) atoms. The van der Waals surface area contributed by atoms with E-state index < -0.39 is 10.0 Å². The molecule has 6 nitrogen and oxygen atoms in total. The highest BCUT2D eigenvalue weighted by atomic mass is 32.2. The van der Waals surface area contributed by atoms with Crippen molar-refractivity contribution in [1.82, 2.24) is 9.71 Å². The van der Waals surface area contributed by atoms with Gasteiger partial charge < -0.3 is 10.5 Å². The summed E-state index contributed by atoms with van der Waals surface area (Å²) >= 11 is 0. The minimum Gasteiger partial charge on any atom is -0.378 e. The van der Waals surface area contributed by atoms with Crippen molar-refractivity contribution < 1.29 is 13.2 Å². The van der Waals surface area contributed by atoms with Gasteiger partial charge in [-0.15, -0.1) is 0 Å². The monoisotopic (exact) mass is 313 g/mol. The number of sulfonamides is 1. The van der Waals surface area contributed by atoms with E-state index in [1.165, 1.54) is 12.3 Å². The lowest BCUT2D eigenvalue weighted by molar-refractivity contribution is -0.108. The standard InChI is InChI=1S/C14H23N3O3S/c1-4-20-13-7-12(14(13,2)3)17-21(18,19)11-6-5-10(8-15)16-9-11/h5-6,9,12-13,17H,4,7-8,15H2,1-3H3. The molecular formula is C14H23N3O3S. The van der Waals surface area contributed by atoms with E-state index in [4.69, 9.17) is 10.5 Å². The molecule has 2 rings (SSSR count). The number of nitrogens with two attached hydrogens (primary N) is 1. The van der Waals surface area contributed by atoms with Gasteiger partial charge in [-0.2, -0.15) is 0 Å². The third-order valence-corrected chi connectivity index (χ3v) is 5.62. The molecule has 1 aliphatic carbocycles. The van der Waals surface area contributed by atoms with E-state index >= 15 is 0 Å². The van der Waals surface area contributed by atoms with Gasteiger partial charge in [0.2, 0.25) is 10.0 Å². The molecule has 0 aliphatic heterocycles. The van der Waals surface area contributed by atoms with E-state index in [1.807, 2.05) is 20.8 Å². The van der Waals surface area contributed by atoms with Crippen LogP contribution < -0.4 is 10.5 Å². The highest BCUT2D eigenvalue weighted by Crippen LogP contribution is 2.43. The van der Waals surface area contributed by atoms with Gasteiger partial charge in [0.05, 0.1) is 11.8 Å². The predicted molar refractivity (Wildman–Crippen MR) is 80.0 cm³/mol. The predicted octanol–water partition coefficient (Wildman–Crippen LogP) is 1.02. The summed E-state index contributed by atoms with van der Waals surface area (Å²) in [4.78, 5) is 4.19. The van der Waals surface area contributed by atoms with Gasteiger partial charge in [0.15, 0.2) is 0 Å². The summed E-state index contributed by atoms with van der Waals surface area (Å²) < 4.78 is 33.1. The highest BCUT2D eigenvalue weighted by Gasteiger charge is 2.50. The van der Waals surface area contributed by atoms with E-state index in [1.54, 1.807) is 6.07 Å². The number of pyridine rings is 1. The first kappa shape index (κ1) is 16.4. The number of nitrogens with one attached hydrogen (secondary N) is 1. The molecule has 0 amide bonds. The molecule has 0 radical (unpaired) electrons. The highest BCUT2D eigenvalue weighted by molar-refractivity contribution is 7.89. The lowest BCUT2D eigenvalue weighted by Crippen LogP contribution is -2.61. The molecule has 2 unspecified atom stereocenters. The van der Waals surface area contributed by atoms with Gasteiger partial charge in [-0.05, 0) is 25.5 Å². The molecule has 1 aliphatic rings. The van der Waals surface area contributed by atoms with Gasteiger partial charge in [-0.1, -0.05) is 13.8 Å². The fourth-order valence-corrected chi connectivity index (χ4v) is 3.86. The van der Waals surface area contributed by atoms with Gasteiger partial charge in [0.25, 0.3) is 0 Å². The largest absolute Gasteiger partial charge is 0.378 e. The number of nitrogens with zero attached hydrogens (tertiary/aromatic N) is 1. The van der Waals surface area contributed by atoms with E-state index in [-0.39, 0.29) is 22.5 Å². The summed E-state index contributed by atoms with van der Waals surface area (Å²) in [6.45, 7) is 6.90. The Kier molecular flexibility index (Phi) is 4.67. The van der Waals surface area contributed by atoms with Gasteiger partial charge in [0, 0.05) is 30.8 Å². The van der Waals surface area contributed by atoms with Crippen LogP contribution in [-0.4, -0.2) is 32.2 Å². The normalized spacial score (nSPS) is 24.6. The Hall–Kier alpha value is -1.02. The Bertz CT molecular complexity index is 584. The number of hydrogen-bond acceptors (Lipinski definition) is 5. The molecule has 0 spiro atoms. The molecule has 3 N–H and O–H groups in total. The van der Waals surface area contributed by atoms with Crippen LogP contribution in [-0.2, 0) is 21.3 Å². The Morgan fingerprint density at radius 1 is 1.48 bits per heavy atom. The minimum absolute atomic E-state index is 0.0907. The van der Waals surface area contributed by atoms with Crippen molar-refractivity contribution in [2.75, 3.05) is 6.61 Å². The fraction of sp³-hybridized carbons (Fsp3) is 0.643. The summed E-state index contributed by atoms with van der Waals surface area (Å²) in [5, 5.41) is 0. The van der Waals surface area contributed by atoms with Crippen molar-refractivity contribution in [3.8, 4) is 0 Å². The number of aromatic nitrogens is 1. The molecule has 1 aromatic rings. The van der Waals surface area contributed by atoms with Crippen LogP contribution in [0.1, 0.15) is 32.9 Å². The Morgan fingerprint density at radius 3 is 2.67 bits per heavy atom. The summed E-state index contributed by atoms with van der Waals surface area (Å²) in [5.41, 5.74) is 5.91. The zero-order valence-corrected chi connectivity index (χ0v) is 13.5. The van der Waals surface area contributed by atoms with Crippen molar-refractivity contribution in [2.24, 2.45) is 11.1 Å². The smallest absolute Gasteiger partial charge is 0.242 e. The van der Waals surface area contributed by atoms with Crippen molar-refractivity contribution >= 4 is 10.0 Å². The zero-order valence-electron chi connectivity index (χ0n) is 12.7. The average molecular weight is 313 g/mol. The molecular weight excluding hydrogens is 290 g/mol. The van der Waals surface area contributed by atoms with Crippen LogP contribution in [0.3, 0.4) is 0 Å². The lowest BCUT2D eigenvalue weighted by Gasteiger charge is -2.51. The van der Waals surface area contributed by atoms with Crippen LogP contribution in [0.5, 0.6) is 0 Å². The molecule has 7 heteroatoms. The summed E-state index contributed by atoms with van der Waals surface area (Å²) in [7, 11) is -3.56. The van der Waals surface area contributed by atoms with E-state index in [0.29, 0.717) is 25.3 Å². The first-order valence-corrected chi connectivity index (χ1v) is 8.58. The molecule has 1 saturated carbocycles. The number of hydrogen-bond donors (Lipinski definition) is 2. The van der Waals surface area contributed by atoms with Crippen LogP contribution >= 0.6 is 0 Å². The zero-order chi connectivity index (χ0) is 15.7. The molecule has 1 aromatic heterocycles. The van der Waals surface area contributed by atoms with Crippen LogP contribution in [0, 0.1) is 5.41 Å². The van der Waals surface area contributed by atoms with E-state index in [9.17, 15) is 8.42 Å². The van der Waals surface area contributed by atoms with Crippen LogP contribution in [0.4, 0.5) is 0 Å². The van der Waals surface area contributed by atoms with E-state index in [0.717, 1.165) is 0 Å². The van der Waals surface area contributed by atoms with Gasteiger partial charge >= 0.3 is 0 Å². The maximum absolute atomic E-state index is 12.4. The summed E-state index contributed by atoms with van der Waals surface area (Å²) in [6.07, 6.45) is 2.12. The molecule has 0 saturated heterocycles. The number of ether oxygens (including phenoxy) is 1. The van der Waals surface area contributed by atoms with Crippen molar-refractivity contribution in [3.63, 3.8) is 0 Å². The molecule has 0 aromatic carbocycles. The SMILES string of the molecule is CCOC1CC(NS(=O)(=O)c2ccc(CN)nc2)C1(C)C. The third kappa shape index (κ3) is 3.26. The average Bonchev–Trinajstić information content (AvgIpc) is 2.46. The van der Waals surface area contributed by atoms with E-state index in [2.05, 4.69) is 9.71 Å². The van der Waals surface area contributed by atoms with Crippen molar-refractivity contribution in [2.45, 2.75) is 50.8 Å². The molecule has 2 atom stereocenters. The second-order valence-electron chi connectivity index (χ2n) is 5.86. The first-order chi connectivity index (χ1) is 9.81. The van der Waals surface area contributed by atoms with Gasteiger partial charge in [0.1, 0.15) is 4.90 Å². The second-order valence-corrected chi connectivity index (χ2v) is 7.58. The molecule has 1 fully saturated rings. The Balaban J connectivity index is 2.08. The van der Waals surface area contributed by atoms with Crippen molar-refractivity contribution in [3.05, 3.63) is 24.0 Å². The molecule has 118 valence electrons. The molecule has 0 bridgehead atoms. The maximum atomic E-state index is 12.4. The lowest BCUT2D eigenvalue weighted by atomic mass is 9.65.